The Hall–Kier alpha value is -0.350. The van der Waals surface area contributed by atoms with Crippen LogP contribution in [-0.2, 0) is 0 Å². The molecule has 0 radical (unpaired) electrons. The molecular formula is C12H13Br2NO. The molecule has 0 N–H and O–H groups in total. The Morgan fingerprint density at radius 3 is 2.94 bits per heavy atom. The highest BCUT2D eigenvalue weighted by atomic mass is 79.9. The fraction of sp³-hybridized carbons (Fsp3) is 0.417. The number of benzene rings is 1. The first kappa shape index (κ1) is 12.1. The number of amides is 1. The monoisotopic (exact) mass is 345 g/mol. The maximum atomic E-state index is 12.2. The molecule has 16 heavy (non-hydrogen) atoms. The van der Waals surface area contributed by atoms with Crippen molar-refractivity contribution in [2.24, 2.45) is 5.92 Å². The number of likely N-dealkylation sites (tertiary alicyclic amines) is 1. The first-order valence-electron chi connectivity index (χ1n) is 5.31. The first-order valence-corrected chi connectivity index (χ1v) is 7.23. The predicted molar refractivity (Wildman–Crippen MR) is 71.9 cm³/mol. The fourth-order valence-electron chi connectivity index (χ4n) is 1.95. The number of rotatable bonds is 2. The van der Waals surface area contributed by atoms with Gasteiger partial charge in [0.25, 0.3) is 5.91 Å². The van der Waals surface area contributed by atoms with Gasteiger partial charge in [-0.15, -0.1) is 0 Å². The van der Waals surface area contributed by atoms with Crippen molar-refractivity contribution in [1.29, 1.82) is 0 Å². The zero-order valence-corrected chi connectivity index (χ0v) is 12.0. The van der Waals surface area contributed by atoms with Gasteiger partial charge in [-0.2, -0.15) is 0 Å². The Balaban J connectivity index is 2.08. The molecule has 86 valence electrons. The lowest BCUT2D eigenvalue weighted by Crippen LogP contribution is -2.28. The van der Waals surface area contributed by atoms with Gasteiger partial charge in [0.05, 0.1) is 0 Å². The summed E-state index contributed by atoms with van der Waals surface area (Å²) < 4.78 is 0.953. The van der Waals surface area contributed by atoms with Crippen LogP contribution >= 0.6 is 31.9 Å². The summed E-state index contributed by atoms with van der Waals surface area (Å²) in [6, 6.07) is 7.58. The normalized spacial score (nSPS) is 20.1. The molecule has 1 aliphatic rings. The summed E-state index contributed by atoms with van der Waals surface area (Å²) in [5.41, 5.74) is 0.768. The second-order valence-corrected chi connectivity index (χ2v) is 5.63. The van der Waals surface area contributed by atoms with Crippen molar-refractivity contribution in [1.82, 2.24) is 4.90 Å². The quantitative estimate of drug-likeness (QED) is 0.752. The maximum Gasteiger partial charge on any atom is 0.253 e. The van der Waals surface area contributed by atoms with E-state index in [1.54, 1.807) is 0 Å². The van der Waals surface area contributed by atoms with Gasteiger partial charge in [0.15, 0.2) is 0 Å². The van der Waals surface area contributed by atoms with Crippen molar-refractivity contribution in [3.05, 3.63) is 34.3 Å². The molecule has 0 aliphatic carbocycles. The van der Waals surface area contributed by atoms with Crippen LogP contribution in [0.15, 0.2) is 28.7 Å². The minimum atomic E-state index is 0.143. The third kappa shape index (κ3) is 2.66. The van der Waals surface area contributed by atoms with Gasteiger partial charge >= 0.3 is 0 Å². The third-order valence-electron chi connectivity index (χ3n) is 2.86. The molecule has 1 heterocycles. The Labute approximate surface area is 112 Å². The zero-order valence-electron chi connectivity index (χ0n) is 8.83. The SMILES string of the molecule is O=C(c1cccc(Br)c1)N1CCC(CBr)C1. The molecule has 1 saturated heterocycles. The Morgan fingerprint density at radius 2 is 2.31 bits per heavy atom. The van der Waals surface area contributed by atoms with Crippen LogP contribution in [0, 0.1) is 5.92 Å². The fourth-order valence-corrected chi connectivity index (χ4v) is 2.87. The molecule has 2 rings (SSSR count). The van der Waals surface area contributed by atoms with Gasteiger partial charge < -0.3 is 4.90 Å². The van der Waals surface area contributed by atoms with E-state index in [-0.39, 0.29) is 5.91 Å². The number of nitrogens with zero attached hydrogens (tertiary/aromatic N) is 1. The molecular weight excluding hydrogens is 334 g/mol. The Morgan fingerprint density at radius 1 is 1.50 bits per heavy atom. The Kier molecular flexibility index (Phi) is 4.03. The van der Waals surface area contributed by atoms with E-state index in [1.807, 2.05) is 29.2 Å². The van der Waals surface area contributed by atoms with Gasteiger partial charge in [0.1, 0.15) is 0 Å². The summed E-state index contributed by atoms with van der Waals surface area (Å²) in [6.07, 6.45) is 1.10. The average molecular weight is 347 g/mol. The summed E-state index contributed by atoms with van der Waals surface area (Å²) in [5.74, 6) is 0.751. The molecule has 0 saturated carbocycles. The highest BCUT2D eigenvalue weighted by molar-refractivity contribution is 9.10. The number of alkyl halides is 1. The number of hydrogen-bond donors (Lipinski definition) is 0. The molecule has 1 aromatic carbocycles. The highest BCUT2D eigenvalue weighted by Gasteiger charge is 2.26. The van der Waals surface area contributed by atoms with Crippen molar-refractivity contribution in [2.75, 3.05) is 18.4 Å². The number of carbonyl (C=O) groups is 1. The molecule has 1 aliphatic heterocycles. The lowest BCUT2D eigenvalue weighted by atomic mass is 10.2. The van der Waals surface area contributed by atoms with E-state index in [2.05, 4.69) is 31.9 Å². The number of hydrogen-bond acceptors (Lipinski definition) is 1. The molecule has 1 atom stereocenters. The van der Waals surface area contributed by atoms with E-state index in [9.17, 15) is 4.79 Å². The molecule has 0 bridgehead atoms. The summed E-state index contributed by atoms with van der Waals surface area (Å²) in [4.78, 5) is 14.1. The summed E-state index contributed by atoms with van der Waals surface area (Å²) in [6.45, 7) is 1.75. The van der Waals surface area contributed by atoms with E-state index >= 15 is 0 Å². The summed E-state index contributed by atoms with van der Waals surface area (Å²) in [7, 11) is 0. The largest absolute Gasteiger partial charge is 0.338 e. The highest BCUT2D eigenvalue weighted by Crippen LogP contribution is 2.21. The minimum Gasteiger partial charge on any atom is -0.338 e. The van der Waals surface area contributed by atoms with Crippen molar-refractivity contribution >= 4 is 37.8 Å². The summed E-state index contributed by atoms with van der Waals surface area (Å²) in [5, 5.41) is 0.981. The van der Waals surface area contributed by atoms with E-state index in [1.165, 1.54) is 0 Å². The van der Waals surface area contributed by atoms with Gasteiger partial charge in [-0.3, -0.25) is 4.79 Å². The molecule has 1 aromatic rings. The van der Waals surface area contributed by atoms with Gasteiger partial charge in [0.2, 0.25) is 0 Å². The van der Waals surface area contributed by atoms with Crippen molar-refractivity contribution in [3.63, 3.8) is 0 Å². The number of halogens is 2. The molecule has 1 unspecified atom stereocenters. The molecule has 0 spiro atoms. The third-order valence-corrected chi connectivity index (χ3v) is 4.27. The van der Waals surface area contributed by atoms with E-state index < -0.39 is 0 Å². The van der Waals surface area contributed by atoms with Crippen molar-refractivity contribution in [2.45, 2.75) is 6.42 Å². The molecule has 4 heteroatoms. The standard InChI is InChI=1S/C12H13Br2NO/c13-7-9-4-5-15(8-9)12(16)10-2-1-3-11(14)6-10/h1-3,6,9H,4-5,7-8H2. The molecule has 1 amide bonds. The minimum absolute atomic E-state index is 0.143. The van der Waals surface area contributed by atoms with Crippen LogP contribution in [0.4, 0.5) is 0 Å². The molecule has 0 aromatic heterocycles. The maximum absolute atomic E-state index is 12.2. The average Bonchev–Trinajstić information content (AvgIpc) is 2.76. The van der Waals surface area contributed by atoms with Crippen LogP contribution in [-0.4, -0.2) is 29.2 Å². The van der Waals surface area contributed by atoms with E-state index in [0.29, 0.717) is 5.92 Å². The topological polar surface area (TPSA) is 20.3 Å². The second kappa shape index (κ2) is 5.32. The first-order chi connectivity index (χ1) is 7.70. The Bertz CT molecular complexity index is 394. The van der Waals surface area contributed by atoms with Gasteiger partial charge in [0, 0.05) is 28.5 Å². The van der Waals surface area contributed by atoms with Crippen LogP contribution in [0.3, 0.4) is 0 Å². The predicted octanol–water partition coefficient (Wildman–Crippen LogP) is 3.31. The summed E-state index contributed by atoms with van der Waals surface area (Å²) >= 11 is 6.86. The number of carbonyl (C=O) groups excluding carboxylic acids is 1. The van der Waals surface area contributed by atoms with Gasteiger partial charge in [-0.1, -0.05) is 37.9 Å². The second-order valence-electron chi connectivity index (χ2n) is 4.07. The molecule has 2 nitrogen and oxygen atoms in total. The lowest BCUT2D eigenvalue weighted by molar-refractivity contribution is 0.0788. The van der Waals surface area contributed by atoms with E-state index in [4.69, 9.17) is 0 Å². The zero-order chi connectivity index (χ0) is 11.5. The van der Waals surface area contributed by atoms with Gasteiger partial charge in [-0.25, -0.2) is 0 Å². The van der Waals surface area contributed by atoms with E-state index in [0.717, 1.165) is 34.9 Å². The van der Waals surface area contributed by atoms with Crippen LogP contribution < -0.4 is 0 Å². The van der Waals surface area contributed by atoms with Crippen LogP contribution in [0.5, 0.6) is 0 Å². The van der Waals surface area contributed by atoms with Crippen LogP contribution in [0.1, 0.15) is 16.8 Å². The van der Waals surface area contributed by atoms with Crippen LogP contribution in [0.2, 0.25) is 0 Å². The lowest BCUT2D eigenvalue weighted by Gasteiger charge is -2.16. The van der Waals surface area contributed by atoms with Crippen molar-refractivity contribution < 1.29 is 4.79 Å². The smallest absolute Gasteiger partial charge is 0.253 e. The van der Waals surface area contributed by atoms with Gasteiger partial charge in [-0.05, 0) is 30.5 Å². The van der Waals surface area contributed by atoms with Crippen molar-refractivity contribution in [3.8, 4) is 0 Å². The van der Waals surface area contributed by atoms with Crippen LogP contribution in [0.25, 0.3) is 0 Å². The molecule has 1 fully saturated rings.